The van der Waals surface area contributed by atoms with Crippen LogP contribution < -0.4 is 39.7 Å². The normalized spacial score (nSPS) is 14.2. The molecule has 0 amide bonds. The summed E-state index contributed by atoms with van der Waals surface area (Å²) in [5.74, 6) is -3.50. The number of ether oxygens (including phenoxy) is 3. The van der Waals surface area contributed by atoms with E-state index in [0.717, 1.165) is 6.07 Å². The van der Waals surface area contributed by atoms with Gasteiger partial charge in [-0.15, -0.1) is 0 Å². The molecule has 1 aliphatic heterocycles. The molecule has 1 aliphatic rings. The van der Waals surface area contributed by atoms with Gasteiger partial charge < -0.3 is 18.8 Å². The number of aromatic nitrogens is 1. The van der Waals surface area contributed by atoms with Crippen molar-refractivity contribution in [2.75, 3.05) is 19.8 Å². The van der Waals surface area contributed by atoms with E-state index in [-0.39, 0.29) is 83.2 Å². The Labute approximate surface area is 193 Å². The van der Waals surface area contributed by atoms with Crippen molar-refractivity contribution in [2.45, 2.75) is 26.8 Å². The van der Waals surface area contributed by atoms with Crippen LogP contribution in [0.1, 0.15) is 42.7 Å². The standard InChI is InChI=1S/C20H18FN2O6.Na/c1-4-27-19(25)12(7-22)15-14(21)6-11-16-18(15)29-9-10(3)23(16)8-13(17(11)24)20(26)28-5-2;/h6,8,10H,4-5,9H2,1-3H3;/q-1;+1/t10-;/m0./s1. The Hall–Kier alpha value is -2.54. The Morgan fingerprint density at radius 1 is 1.37 bits per heavy atom. The first-order valence-electron chi connectivity index (χ1n) is 9.01. The number of hydrogen-bond acceptors (Lipinski definition) is 7. The first-order valence-corrected chi connectivity index (χ1v) is 9.01. The quantitative estimate of drug-likeness (QED) is 0.354. The molecule has 0 fully saturated rings. The average Bonchev–Trinajstić information content (AvgIpc) is 2.68. The number of hydrogen-bond donors (Lipinski definition) is 0. The first kappa shape index (κ1) is 23.7. The number of carbonyl (C=O) groups is 2. The predicted molar refractivity (Wildman–Crippen MR) is 98.9 cm³/mol. The number of esters is 2. The number of nitriles is 1. The molecule has 0 N–H and O–H groups in total. The van der Waals surface area contributed by atoms with Crippen molar-refractivity contribution in [3.8, 4) is 11.8 Å². The van der Waals surface area contributed by atoms with Crippen LogP contribution >= 0.6 is 0 Å². The molecule has 3 rings (SSSR count). The molecule has 0 saturated heterocycles. The Balaban J connectivity index is 0.00000320. The zero-order valence-electron chi connectivity index (χ0n) is 17.1. The van der Waals surface area contributed by atoms with Gasteiger partial charge in [0.2, 0.25) is 5.43 Å². The van der Waals surface area contributed by atoms with Gasteiger partial charge in [-0.1, -0.05) is 11.6 Å². The molecule has 10 heteroatoms. The number of carbonyl (C=O) groups excluding carboxylic acids is 2. The molecule has 30 heavy (non-hydrogen) atoms. The minimum absolute atomic E-state index is 0. The number of rotatable bonds is 5. The van der Waals surface area contributed by atoms with Crippen molar-refractivity contribution in [3.05, 3.63) is 45.3 Å². The summed E-state index contributed by atoms with van der Waals surface area (Å²) in [4.78, 5) is 37.2. The van der Waals surface area contributed by atoms with Crippen LogP contribution in [-0.2, 0) is 14.3 Å². The van der Waals surface area contributed by atoms with E-state index in [2.05, 4.69) is 0 Å². The molecule has 1 aromatic carbocycles. The molecule has 0 radical (unpaired) electrons. The van der Waals surface area contributed by atoms with Crippen molar-refractivity contribution < 1.29 is 57.7 Å². The molecular formula is C20H18FN2NaO6. The summed E-state index contributed by atoms with van der Waals surface area (Å²) in [6.07, 6.45) is 1.33. The topological polar surface area (TPSA) is 108 Å². The number of benzene rings is 1. The molecule has 0 saturated carbocycles. The second-order valence-corrected chi connectivity index (χ2v) is 6.33. The molecule has 8 nitrogen and oxygen atoms in total. The van der Waals surface area contributed by atoms with Gasteiger partial charge in [0.15, 0.2) is 0 Å². The van der Waals surface area contributed by atoms with E-state index in [4.69, 9.17) is 14.2 Å². The molecule has 2 heterocycles. The molecule has 0 spiro atoms. The third kappa shape index (κ3) is 3.90. The van der Waals surface area contributed by atoms with Gasteiger partial charge in [0.05, 0.1) is 25.9 Å². The molecule has 0 bridgehead atoms. The second-order valence-electron chi connectivity index (χ2n) is 6.33. The van der Waals surface area contributed by atoms with Crippen LogP contribution in [-0.4, -0.2) is 36.3 Å². The van der Waals surface area contributed by atoms with Gasteiger partial charge in [-0.2, -0.15) is 0 Å². The molecule has 152 valence electrons. The molecule has 0 unspecified atom stereocenters. The summed E-state index contributed by atoms with van der Waals surface area (Å²) in [5, 5.41) is 9.31. The molecule has 1 aromatic heterocycles. The van der Waals surface area contributed by atoms with Gasteiger partial charge in [-0.3, -0.25) is 14.0 Å². The Morgan fingerprint density at radius 2 is 2.03 bits per heavy atom. The maximum atomic E-state index is 15.0. The van der Waals surface area contributed by atoms with Crippen molar-refractivity contribution in [1.29, 1.82) is 5.26 Å². The van der Waals surface area contributed by atoms with Gasteiger partial charge in [0.1, 0.15) is 5.56 Å². The summed E-state index contributed by atoms with van der Waals surface area (Å²) in [5.41, 5.74) is -1.15. The van der Waals surface area contributed by atoms with Crippen LogP contribution in [0.3, 0.4) is 0 Å². The predicted octanol–water partition coefficient (Wildman–Crippen LogP) is -0.716. The monoisotopic (exact) mass is 424 g/mol. The van der Waals surface area contributed by atoms with Crippen molar-refractivity contribution in [3.63, 3.8) is 0 Å². The van der Waals surface area contributed by atoms with Crippen molar-refractivity contribution in [2.24, 2.45) is 0 Å². The molecular weight excluding hydrogens is 406 g/mol. The fourth-order valence-electron chi connectivity index (χ4n) is 3.22. The maximum absolute atomic E-state index is 15.0. The van der Waals surface area contributed by atoms with Crippen LogP contribution in [0.15, 0.2) is 17.1 Å². The van der Waals surface area contributed by atoms with E-state index in [1.165, 1.54) is 6.20 Å². The minimum atomic E-state index is -1.00. The SMILES string of the molecule is CCOC(=O)c1cn2c3c(c([C-](C#N)C(=O)OCC)c(F)cc3c1=O)OC[C@@H]2C.[Na+]. The molecule has 1 atom stereocenters. The zero-order valence-corrected chi connectivity index (χ0v) is 19.1. The zero-order chi connectivity index (χ0) is 21.3. The molecule has 0 aliphatic carbocycles. The van der Waals surface area contributed by atoms with Crippen LogP contribution in [0.25, 0.3) is 10.9 Å². The van der Waals surface area contributed by atoms with Gasteiger partial charge in [0.25, 0.3) is 5.97 Å². The number of nitrogens with zero attached hydrogens (tertiary/aromatic N) is 2. The maximum Gasteiger partial charge on any atom is 1.00 e. The fourth-order valence-corrected chi connectivity index (χ4v) is 3.22. The Kier molecular flexibility index (Phi) is 7.53. The molecule has 2 aromatic rings. The number of pyridine rings is 1. The van der Waals surface area contributed by atoms with Crippen LogP contribution in [0, 0.1) is 23.1 Å². The van der Waals surface area contributed by atoms with E-state index >= 15 is 0 Å². The summed E-state index contributed by atoms with van der Waals surface area (Å²) >= 11 is 0. The van der Waals surface area contributed by atoms with E-state index in [0.29, 0.717) is 0 Å². The second kappa shape index (κ2) is 9.51. The van der Waals surface area contributed by atoms with E-state index in [1.54, 1.807) is 31.4 Å². The summed E-state index contributed by atoms with van der Waals surface area (Å²) in [7, 11) is 0. The third-order valence-electron chi connectivity index (χ3n) is 4.50. The van der Waals surface area contributed by atoms with Crippen LogP contribution in [0.5, 0.6) is 5.75 Å². The van der Waals surface area contributed by atoms with Gasteiger partial charge >= 0.3 is 35.5 Å². The van der Waals surface area contributed by atoms with Crippen molar-refractivity contribution >= 4 is 22.8 Å². The third-order valence-corrected chi connectivity index (χ3v) is 4.50. The van der Waals surface area contributed by atoms with E-state index in [9.17, 15) is 24.0 Å². The van der Waals surface area contributed by atoms with Crippen LogP contribution in [0.2, 0.25) is 0 Å². The largest absolute Gasteiger partial charge is 1.00 e. The summed E-state index contributed by atoms with van der Waals surface area (Å²) in [6.45, 7) is 5.10. The number of halogens is 1. The van der Waals surface area contributed by atoms with E-state index < -0.39 is 29.1 Å². The van der Waals surface area contributed by atoms with Gasteiger partial charge in [-0.25, -0.2) is 10.1 Å². The minimum Gasteiger partial charge on any atom is -0.546 e. The smallest absolute Gasteiger partial charge is 0.546 e. The fraction of sp³-hybridized carbons (Fsp3) is 0.350. The van der Waals surface area contributed by atoms with Gasteiger partial charge in [0, 0.05) is 40.7 Å². The summed E-state index contributed by atoms with van der Waals surface area (Å²) < 4.78 is 32.0. The Bertz CT molecular complexity index is 1110. The first-order chi connectivity index (χ1) is 13.8. The average molecular weight is 424 g/mol. The summed E-state index contributed by atoms with van der Waals surface area (Å²) in [6, 6.07) is 2.26. The Morgan fingerprint density at radius 3 is 2.63 bits per heavy atom. The van der Waals surface area contributed by atoms with Crippen LogP contribution in [0.4, 0.5) is 4.39 Å². The van der Waals surface area contributed by atoms with Crippen molar-refractivity contribution in [1.82, 2.24) is 4.57 Å². The van der Waals surface area contributed by atoms with Gasteiger partial charge in [-0.05, 0) is 20.8 Å². The van der Waals surface area contributed by atoms with E-state index in [1.807, 2.05) is 0 Å².